The Morgan fingerprint density at radius 2 is 2.12 bits per heavy atom. The smallest absolute Gasteiger partial charge is 0.0826 e. The molecule has 0 amide bonds. The lowest BCUT2D eigenvalue weighted by Crippen LogP contribution is -2.46. The van der Waals surface area contributed by atoms with Crippen LogP contribution in [0, 0.1) is 0 Å². The highest BCUT2D eigenvalue weighted by Gasteiger charge is 2.19. The Balaban J connectivity index is 1.52. The van der Waals surface area contributed by atoms with Gasteiger partial charge < -0.3 is 14.8 Å². The summed E-state index contributed by atoms with van der Waals surface area (Å²) in [5, 5.41) is 3.49. The van der Waals surface area contributed by atoms with Crippen molar-refractivity contribution in [1.29, 1.82) is 0 Å². The summed E-state index contributed by atoms with van der Waals surface area (Å²) in [6, 6.07) is 0. The molecule has 17 heavy (non-hydrogen) atoms. The van der Waals surface area contributed by atoms with Gasteiger partial charge in [-0.3, -0.25) is 4.90 Å². The molecule has 2 saturated heterocycles. The zero-order valence-corrected chi connectivity index (χ0v) is 11.0. The topological polar surface area (TPSA) is 33.7 Å². The highest BCUT2D eigenvalue weighted by atomic mass is 16.5. The average molecular weight is 242 g/mol. The first-order valence-corrected chi connectivity index (χ1v) is 7.04. The van der Waals surface area contributed by atoms with Gasteiger partial charge in [0.25, 0.3) is 0 Å². The molecule has 2 aliphatic rings. The molecule has 2 rings (SSSR count). The summed E-state index contributed by atoms with van der Waals surface area (Å²) in [6.45, 7) is 9.38. The van der Waals surface area contributed by atoms with Crippen LogP contribution in [0.25, 0.3) is 0 Å². The number of nitrogens with zero attached hydrogens (tertiary/aromatic N) is 1. The second-order valence-electron chi connectivity index (χ2n) is 5.01. The summed E-state index contributed by atoms with van der Waals surface area (Å²) >= 11 is 0. The van der Waals surface area contributed by atoms with Crippen molar-refractivity contribution in [2.75, 3.05) is 45.9 Å². The van der Waals surface area contributed by atoms with Gasteiger partial charge in [0.15, 0.2) is 0 Å². The lowest BCUT2D eigenvalue weighted by Gasteiger charge is -2.32. The van der Waals surface area contributed by atoms with Crippen LogP contribution in [0.1, 0.15) is 26.2 Å². The first-order valence-electron chi connectivity index (χ1n) is 7.04. The molecular weight excluding hydrogens is 216 g/mol. The van der Waals surface area contributed by atoms with Crippen molar-refractivity contribution in [1.82, 2.24) is 10.2 Å². The monoisotopic (exact) mass is 242 g/mol. The van der Waals surface area contributed by atoms with Crippen molar-refractivity contribution in [2.24, 2.45) is 0 Å². The Kier molecular flexibility index (Phi) is 5.71. The predicted molar refractivity (Wildman–Crippen MR) is 68.3 cm³/mol. The lowest BCUT2D eigenvalue weighted by atomic mass is 10.2. The summed E-state index contributed by atoms with van der Waals surface area (Å²) in [7, 11) is 0. The number of hydrogen-bond donors (Lipinski definition) is 1. The fourth-order valence-electron chi connectivity index (χ4n) is 2.59. The second-order valence-corrected chi connectivity index (χ2v) is 5.01. The molecule has 0 aromatic carbocycles. The molecule has 4 nitrogen and oxygen atoms in total. The molecule has 0 aromatic heterocycles. The Hall–Kier alpha value is -0.160. The van der Waals surface area contributed by atoms with Gasteiger partial charge in [-0.1, -0.05) is 6.92 Å². The van der Waals surface area contributed by atoms with Crippen LogP contribution < -0.4 is 5.32 Å². The van der Waals surface area contributed by atoms with Gasteiger partial charge in [-0.25, -0.2) is 0 Å². The molecule has 0 spiro atoms. The zero-order valence-electron chi connectivity index (χ0n) is 11.0. The molecule has 0 aromatic rings. The normalized spacial score (nSPS) is 30.9. The van der Waals surface area contributed by atoms with Gasteiger partial charge in [0.1, 0.15) is 0 Å². The quantitative estimate of drug-likeness (QED) is 0.701. The number of rotatable bonds is 6. The van der Waals surface area contributed by atoms with E-state index in [1.54, 1.807) is 0 Å². The zero-order chi connectivity index (χ0) is 11.9. The van der Waals surface area contributed by atoms with Crippen molar-refractivity contribution in [2.45, 2.75) is 38.4 Å². The molecule has 2 aliphatic heterocycles. The van der Waals surface area contributed by atoms with Gasteiger partial charge >= 0.3 is 0 Å². The second kappa shape index (κ2) is 7.31. The predicted octanol–water partition coefficient (Wildman–Crippen LogP) is 0.866. The van der Waals surface area contributed by atoms with E-state index in [1.807, 2.05) is 0 Å². The summed E-state index contributed by atoms with van der Waals surface area (Å²) in [5.41, 5.74) is 0. The highest BCUT2D eigenvalue weighted by Crippen LogP contribution is 2.14. The molecule has 0 aliphatic carbocycles. The van der Waals surface area contributed by atoms with E-state index in [1.165, 1.54) is 12.8 Å². The maximum Gasteiger partial charge on any atom is 0.0826 e. The maximum absolute atomic E-state index is 5.75. The molecule has 0 saturated carbocycles. The van der Waals surface area contributed by atoms with Crippen molar-refractivity contribution >= 4 is 0 Å². The number of likely N-dealkylation sites (N-methyl/N-ethyl adjacent to an activating group) is 1. The lowest BCUT2D eigenvalue weighted by molar-refractivity contribution is -0.0255. The largest absolute Gasteiger partial charge is 0.378 e. The average Bonchev–Trinajstić information content (AvgIpc) is 2.88. The van der Waals surface area contributed by atoms with Gasteiger partial charge in [-0.15, -0.1) is 0 Å². The van der Waals surface area contributed by atoms with Gasteiger partial charge in [0, 0.05) is 26.2 Å². The summed E-state index contributed by atoms with van der Waals surface area (Å²) < 4.78 is 11.3. The third kappa shape index (κ3) is 4.54. The Morgan fingerprint density at radius 1 is 1.24 bits per heavy atom. The van der Waals surface area contributed by atoms with Crippen LogP contribution in [0.5, 0.6) is 0 Å². The number of nitrogens with one attached hydrogen (secondary N) is 1. The van der Waals surface area contributed by atoms with Crippen molar-refractivity contribution in [3.05, 3.63) is 0 Å². The fraction of sp³-hybridized carbons (Fsp3) is 1.00. The van der Waals surface area contributed by atoms with E-state index in [0.29, 0.717) is 12.2 Å². The van der Waals surface area contributed by atoms with Crippen LogP contribution >= 0.6 is 0 Å². The van der Waals surface area contributed by atoms with Gasteiger partial charge in [-0.05, 0) is 32.4 Å². The Morgan fingerprint density at radius 3 is 2.88 bits per heavy atom. The van der Waals surface area contributed by atoms with Crippen molar-refractivity contribution in [3.8, 4) is 0 Å². The van der Waals surface area contributed by atoms with Crippen LogP contribution in [0.3, 0.4) is 0 Å². The molecule has 1 N–H and O–H groups in total. The van der Waals surface area contributed by atoms with Crippen molar-refractivity contribution < 1.29 is 9.47 Å². The molecule has 2 atom stereocenters. The minimum atomic E-state index is 0.369. The molecular formula is C13H26N2O2. The van der Waals surface area contributed by atoms with E-state index in [0.717, 1.165) is 52.4 Å². The van der Waals surface area contributed by atoms with E-state index in [9.17, 15) is 0 Å². The molecule has 4 heteroatoms. The van der Waals surface area contributed by atoms with E-state index < -0.39 is 0 Å². The van der Waals surface area contributed by atoms with Crippen LogP contribution in [0.15, 0.2) is 0 Å². The summed E-state index contributed by atoms with van der Waals surface area (Å²) in [6.07, 6.45) is 4.49. The van der Waals surface area contributed by atoms with Crippen LogP contribution in [0.2, 0.25) is 0 Å². The third-order valence-corrected chi connectivity index (χ3v) is 3.71. The molecule has 2 unspecified atom stereocenters. The minimum Gasteiger partial charge on any atom is -0.378 e. The summed E-state index contributed by atoms with van der Waals surface area (Å²) in [4.78, 5) is 2.45. The standard InChI is InChI=1S/C13H26N2O2/c1-2-15-7-9-17-13(11-15)10-14-6-5-12-4-3-8-16-12/h12-14H,2-11H2,1H3. The molecule has 100 valence electrons. The van der Waals surface area contributed by atoms with Crippen LogP contribution in [0.4, 0.5) is 0 Å². The first-order chi connectivity index (χ1) is 8.38. The summed E-state index contributed by atoms with van der Waals surface area (Å²) in [5.74, 6) is 0. The van der Waals surface area contributed by atoms with Gasteiger partial charge in [-0.2, -0.15) is 0 Å². The van der Waals surface area contributed by atoms with E-state index in [-0.39, 0.29) is 0 Å². The highest BCUT2D eigenvalue weighted by molar-refractivity contribution is 4.73. The van der Waals surface area contributed by atoms with E-state index in [2.05, 4.69) is 17.1 Å². The first kappa shape index (κ1) is 13.3. The van der Waals surface area contributed by atoms with Crippen molar-refractivity contribution in [3.63, 3.8) is 0 Å². The molecule has 0 bridgehead atoms. The van der Waals surface area contributed by atoms with E-state index in [4.69, 9.17) is 9.47 Å². The van der Waals surface area contributed by atoms with Crippen LogP contribution in [-0.2, 0) is 9.47 Å². The Labute approximate surface area is 105 Å². The fourth-order valence-corrected chi connectivity index (χ4v) is 2.59. The molecule has 2 heterocycles. The van der Waals surface area contributed by atoms with Crippen LogP contribution in [-0.4, -0.2) is 63.0 Å². The molecule has 0 radical (unpaired) electrons. The minimum absolute atomic E-state index is 0.369. The number of hydrogen-bond acceptors (Lipinski definition) is 4. The Bertz CT molecular complexity index is 208. The number of ether oxygens (including phenoxy) is 2. The van der Waals surface area contributed by atoms with Gasteiger partial charge in [0.2, 0.25) is 0 Å². The third-order valence-electron chi connectivity index (χ3n) is 3.71. The van der Waals surface area contributed by atoms with E-state index >= 15 is 0 Å². The van der Waals surface area contributed by atoms with Gasteiger partial charge in [0.05, 0.1) is 18.8 Å². The number of morpholine rings is 1. The molecule has 2 fully saturated rings. The maximum atomic E-state index is 5.75. The SMILES string of the molecule is CCN1CCOC(CNCCC2CCCO2)C1.